The average molecular weight is 426 g/mol. The van der Waals surface area contributed by atoms with Crippen LogP contribution in [0.25, 0.3) is 0 Å². The van der Waals surface area contributed by atoms with Gasteiger partial charge in [-0.3, -0.25) is 15.0 Å². The zero-order chi connectivity index (χ0) is 22.5. The minimum Gasteiger partial charge on any atom is -0.384 e. The predicted molar refractivity (Wildman–Crippen MR) is 114 cm³/mol. The van der Waals surface area contributed by atoms with Crippen molar-refractivity contribution in [3.63, 3.8) is 0 Å². The lowest BCUT2D eigenvalue weighted by Gasteiger charge is -2.34. The number of anilines is 3. The van der Waals surface area contributed by atoms with Gasteiger partial charge in [-0.25, -0.2) is 4.79 Å². The first-order valence-corrected chi connectivity index (χ1v) is 9.29. The number of hydrogen-bond acceptors (Lipinski definition) is 6. The van der Waals surface area contributed by atoms with Crippen LogP contribution in [0.3, 0.4) is 0 Å². The van der Waals surface area contributed by atoms with Gasteiger partial charge < -0.3 is 36.8 Å². The third kappa shape index (κ3) is 5.15. The Labute approximate surface area is 177 Å². The van der Waals surface area contributed by atoms with Crippen molar-refractivity contribution in [3.05, 3.63) is 54.1 Å². The van der Waals surface area contributed by atoms with Gasteiger partial charge in [-0.1, -0.05) is 0 Å². The van der Waals surface area contributed by atoms with Crippen LogP contribution in [0.4, 0.5) is 21.9 Å². The normalized spacial score (nSPS) is 17.0. The number of aliphatic hydroxyl groups excluding tert-OH is 1. The number of hydrogen-bond donors (Lipinski definition) is 6. The Hall–Kier alpha value is -3.96. The van der Waals surface area contributed by atoms with E-state index in [9.17, 15) is 19.5 Å². The van der Waals surface area contributed by atoms with Gasteiger partial charge in [0.1, 0.15) is 5.84 Å². The van der Waals surface area contributed by atoms with Gasteiger partial charge in [0.25, 0.3) is 11.8 Å². The number of ether oxygens (including phenoxy) is 1. The molecule has 4 amide bonds. The molecule has 1 fully saturated rings. The molecule has 1 aliphatic heterocycles. The van der Waals surface area contributed by atoms with Crippen molar-refractivity contribution in [2.75, 3.05) is 28.7 Å². The summed E-state index contributed by atoms with van der Waals surface area (Å²) < 4.78 is 5.37. The lowest BCUT2D eigenvalue weighted by atomic mass is 10.1. The highest BCUT2D eigenvalue weighted by molar-refractivity contribution is 6.04. The molecule has 0 radical (unpaired) electrons. The van der Waals surface area contributed by atoms with Gasteiger partial charge in [0.15, 0.2) is 12.2 Å². The summed E-state index contributed by atoms with van der Waals surface area (Å²) in [5.74, 6) is -1.49. The largest absolute Gasteiger partial charge is 0.384 e. The third-order valence-corrected chi connectivity index (χ3v) is 4.59. The Morgan fingerprint density at radius 2 is 1.65 bits per heavy atom. The Morgan fingerprint density at radius 3 is 2.23 bits per heavy atom. The fourth-order valence-electron chi connectivity index (χ4n) is 3.04. The first-order chi connectivity index (χ1) is 14.8. The number of nitrogens with two attached hydrogens (primary N) is 2. The van der Waals surface area contributed by atoms with E-state index < -0.39 is 30.1 Å². The SMILES string of the molecule is N=C(N)c1ccc(NC(=O)[C@H](O)[C@H]2OCCN(c3ccc(NC(N)=O)cc3)C2=O)cc1. The lowest BCUT2D eigenvalue weighted by Crippen LogP contribution is -2.55. The summed E-state index contributed by atoms with van der Waals surface area (Å²) in [6.45, 7) is 0.355. The fraction of sp³-hybridized carbons (Fsp3) is 0.200. The van der Waals surface area contributed by atoms with E-state index >= 15 is 0 Å². The molecule has 0 aliphatic carbocycles. The number of nitrogen functional groups attached to an aromatic ring is 1. The average Bonchev–Trinajstić information content (AvgIpc) is 2.74. The van der Waals surface area contributed by atoms with Crippen molar-refractivity contribution in [2.45, 2.75) is 12.2 Å². The van der Waals surface area contributed by atoms with Crippen molar-refractivity contribution in [1.82, 2.24) is 0 Å². The maximum atomic E-state index is 12.8. The number of nitrogens with one attached hydrogen (secondary N) is 3. The number of primary amides is 1. The van der Waals surface area contributed by atoms with Gasteiger partial charge >= 0.3 is 6.03 Å². The predicted octanol–water partition coefficient (Wildman–Crippen LogP) is 0.193. The smallest absolute Gasteiger partial charge is 0.316 e. The van der Waals surface area contributed by atoms with E-state index in [1.54, 1.807) is 36.4 Å². The second-order valence-electron chi connectivity index (χ2n) is 6.74. The van der Waals surface area contributed by atoms with Crippen LogP contribution in [0.2, 0.25) is 0 Å². The summed E-state index contributed by atoms with van der Waals surface area (Å²) >= 11 is 0. The van der Waals surface area contributed by atoms with Crippen LogP contribution >= 0.6 is 0 Å². The summed E-state index contributed by atoms with van der Waals surface area (Å²) in [6, 6.07) is 11.8. The fourth-order valence-corrected chi connectivity index (χ4v) is 3.04. The number of amidine groups is 1. The summed E-state index contributed by atoms with van der Waals surface area (Å²) in [5.41, 5.74) is 12.3. The number of morpholine rings is 1. The van der Waals surface area contributed by atoms with Gasteiger partial charge in [-0.2, -0.15) is 0 Å². The van der Waals surface area contributed by atoms with Gasteiger partial charge in [0.05, 0.1) is 6.61 Å². The van der Waals surface area contributed by atoms with E-state index in [4.69, 9.17) is 21.6 Å². The molecular formula is C20H22N6O5. The molecule has 0 saturated carbocycles. The Kier molecular flexibility index (Phi) is 6.48. The molecule has 8 N–H and O–H groups in total. The number of urea groups is 1. The number of benzene rings is 2. The van der Waals surface area contributed by atoms with Crippen molar-refractivity contribution in [1.29, 1.82) is 5.41 Å². The molecule has 0 bridgehead atoms. The molecule has 162 valence electrons. The molecule has 1 heterocycles. The van der Waals surface area contributed by atoms with Crippen LogP contribution in [-0.4, -0.2) is 54.1 Å². The Morgan fingerprint density at radius 1 is 1.06 bits per heavy atom. The number of rotatable bonds is 6. The molecule has 1 saturated heterocycles. The number of carbonyl (C=O) groups is 3. The van der Waals surface area contributed by atoms with Crippen LogP contribution in [-0.2, 0) is 14.3 Å². The molecule has 0 aromatic heterocycles. The van der Waals surface area contributed by atoms with E-state index in [2.05, 4.69) is 10.6 Å². The van der Waals surface area contributed by atoms with E-state index in [1.807, 2.05) is 0 Å². The van der Waals surface area contributed by atoms with Crippen molar-refractivity contribution in [3.8, 4) is 0 Å². The molecule has 2 atom stereocenters. The molecule has 2 aromatic carbocycles. The van der Waals surface area contributed by atoms with Crippen LogP contribution in [0.5, 0.6) is 0 Å². The zero-order valence-corrected chi connectivity index (χ0v) is 16.4. The number of amides is 4. The minimum absolute atomic E-state index is 0.113. The van der Waals surface area contributed by atoms with Crippen molar-refractivity contribution < 1.29 is 24.2 Å². The molecular weight excluding hydrogens is 404 g/mol. The second kappa shape index (κ2) is 9.24. The molecule has 0 spiro atoms. The summed E-state index contributed by atoms with van der Waals surface area (Å²) in [7, 11) is 0. The molecule has 31 heavy (non-hydrogen) atoms. The van der Waals surface area contributed by atoms with E-state index in [-0.39, 0.29) is 19.0 Å². The standard InChI is InChI=1S/C20H22N6O5/c21-17(22)11-1-3-12(4-2-11)24-18(28)15(27)16-19(29)26(9-10-31-16)14-7-5-13(6-8-14)25-20(23)30/h1-8,15-16,27H,9-10H2,(H3,21,22)(H,24,28)(H3,23,25,30)/t15-,16-/m1/s1. The minimum atomic E-state index is -1.74. The lowest BCUT2D eigenvalue weighted by molar-refractivity contribution is -0.150. The van der Waals surface area contributed by atoms with Gasteiger partial charge in [-0.15, -0.1) is 0 Å². The highest BCUT2D eigenvalue weighted by Gasteiger charge is 2.39. The van der Waals surface area contributed by atoms with Crippen molar-refractivity contribution >= 4 is 40.7 Å². The third-order valence-electron chi connectivity index (χ3n) is 4.59. The summed E-state index contributed by atoms with van der Waals surface area (Å²) in [4.78, 5) is 37.6. The molecule has 11 nitrogen and oxygen atoms in total. The van der Waals surface area contributed by atoms with E-state index in [1.165, 1.54) is 17.0 Å². The van der Waals surface area contributed by atoms with E-state index in [0.29, 0.717) is 22.6 Å². The highest BCUT2D eigenvalue weighted by atomic mass is 16.5. The van der Waals surface area contributed by atoms with E-state index in [0.717, 1.165) is 0 Å². The van der Waals surface area contributed by atoms with Crippen LogP contribution in [0, 0.1) is 5.41 Å². The van der Waals surface area contributed by atoms with Crippen molar-refractivity contribution in [2.24, 2.45) is 11.5 Å². The number of nitrogens with zero attached hydrogens (tertiary/aromatic N) is 1. The summed E-state index contributed by atoms with van der Waals surface area (Å²) in [6.07, 6.45) is -3.12. The van der Waals surface area contributed by atoms with Gasteiger partial charge in [0.2, 0.25) is 0 Å². The van der Waals surface area contributed by atoms with Gasteiger partial charge in [0, 0.05) is 29.2 Å². The van der Waals surface area contributed by atoms with Crippen LogP contribution in [0.15, 0.2) is 48.5 Å². The Balaban J connectivity index is 1.67. The monoisotopic (exact) mass is 426 g/mol. The van der Waals surface area contributed by atoms with Gasteiger partial charge in [-0.05, 0) is 48.5 Å². The van der Waals surface area contributed by atoms with Crippen LogP contribution < -0.4 is 27.0 Å². The summed E-state index contributed by atoms with van der Waals surface area (Å²) in [5, 5.41) is 22.7. The molecule has 11 heteroatoms. The molecule has 2 aromatic rings. The maximum absolute atomic E-state index is 12.8. The maximum Gasteiger partial charge on any atom is 0.316 e. The molecule has 0 unspecified atom stereocenters. The first-order valence-electron chi connectivity index (χ1n) is 9.29. The molecule has 3 rings (SSSR count). The number of carbonyl (C=O) groups excluding carboxylic acids is 3. The topological polar surface area (TPSA) is 184 Å². The second-order valence-corrected chi connectivity index (χ2v) is 6.74. The Bertz CT molecular complexity index is 992. The number of aliphatic hydroxyl groups is 1. The first kappa shape index (κ1) is 21.7. The zero-order valence-electron chi connectivity index (χ0n) is 16.4. The quantitative estimate of drug-likeness (QED) is 0.283. The highest BCUT2D eigenvalue weighted by Crippen LogP contribution is 2.23. The van der Waals surface area contributed by atoms with Crippen LogP contribution in [0.1, 0.15) is 5.56 Å². The molecule has 1 aliphatic rings.